The van der Waals surface area contributed by atoms with E-state index in [2.05, 4.69) is 21.9 Å². The number of nitrogen functional groups attached to an aromatic ring is 1. The van der Waals surface area contributed by atoms with Crippen molar-refractivity contribution in [1.82, 2.24) is 14.9 Å². The summed E-state index contributed by atoms with van der Waals surface area (Å²) in [6.07, 6.45) is 5.47. The standard InChI is InChI=1S/C18H21N5O/c1-12(2)22-16-10-13(5-6-20-16)14-9-15(17(19)21-11-14)18(24)23-7-3-4-8-23/h5-6,9-11H,1,3-4,7-8H2,2H3,(H2,19,21)(H,20,22). The number of allylic oxidation sites excluding steroid dienone is 1. The summed E-state index contributed by atoms with van der Waals surface area (Å²) in [6, 6.07) is 5.58. The molecule has 0 aromatic carbocycles. The lowest BCUT2D eigenvalue weighted by Crippen LogP contribution is -2.28. The molecule has 1 fully saturated rings. The van der Waals surface area contributed by atoms with Crippen LogP contribution in [-0.2, 0) is 0 Å². The summed E-state index contributed by atoms with van der Waals surface area (Å²) in [4.78, 5) is 22.9. The van der Waals surface area contributed by atoms with E-state index < -0.39 is 0 Å². The lowest BCUT2D eigenvalue weighted by atomic mass is 10.1. The van der Waals surface area contributed by atoms with Gasteiger partial charge in [-0.05, 0) is 43.5 Å². The van der Waals surface area contributed by atoms with Gasteiger partial charge < -0.3 is 16.0 Å². The fraction of sp³-hybridized carbons (Fsp3) is 0.278. The first kappa shape index (κ1) is 16.0. The first-order valence-corrected chi connectivity index (χ1v) is 7.98. The second-order valence-corrected chi connectivity index (χ2v) is 5.99. The molecule has 3 heterocycles. The molecular formula is C18H21N5O. The van der Waals surface area contributed by atoms with Crippen LogP contribution in [0, 0.1) is 0 Å². The van der Waals surface area contributed by atoms with Crippen molar-refractivity contribution >= 4 is 17.5 Å². The summed E-state index contributed by atoms with van der Waals surface area (Å²) < 4.78 is 0. The van der Waals surface area contributed by atoms with E-state index in [-0.39, 0.29) is 11.7 Å². The summed E-state index contributed by atoms with van der Waals surface area (Å²) in [5, 5.41) is 3.08. The molecule has 6 heteroatoms. The number of nitrogens with one attached hydrogen (secondary N) is 1. The number of amides is 1. The number of carbonyl (C=O) groups is 1. The normalized spacial score (nSPS) is 13.8. The van der Waals surface area contributed by atoms with Crippen LogP contribution >= 0.6 is 0 Å². The van der Waals surface area contributed by atoms with E-state index in [4.69, 9.17) is 5.73 Å². The number of nitrogens with zero attached hydrogens (tertiary/aromatic N) is 3. The van der Waals surface area contributed by atoms with Gasteiger partial charge in [0.1, 0.15) is 11.6 Å². The number of rotatable bonds is 4. The fourth-order valence-electron chi connectivity index (χ4n) is 2.79. The minimum absolute atomic E-state index is 0.0475. The van der Waals surface area contributed by atoms with Gasteiger partial charge in [0.05, 0.1) is 5.56 Å². The summed E-state index contributed by atoms with van der Waals surface area (Å²) in [6.45, 7) is 7.25. The van der Waals surface area contributed by atoms with Crippen molar-refractivity contribution < 1.29 is 4.79 Å². The van der Waals surface area contributed by atoms with Gasteiger partial charge in [0, 0.05) is 36.7 Å². The van der Waals surface area contributed by atoms with Crippen molar-refractivity contribution in [1.29, 1.82) is 0 Å². The van der Waals surface area contributed by atoms with Crippen molar-refractivity contribution in [3.63, 3.8) is 0 Å². The molecule has 2 aromatic heterocycles. The molecule has 0 spiro atoms. The zero-order valence-corrected chi connectivity index (χ0v) is 13.7. The van der Waals surface area contributed by atoms with Crippen LogP contribution in [-0.4, -0.2) is 33.9 Å². The lowest BCUT2D eigenvalue weighted by Gasteiger charge is -2.16. The molecule has 124 valence electrons. The number of pyridine rings is 2. The largest absolute Gasteiger partial charge is 0.383 e. The molecule has 6 nitrogen and oxygen atoms in total. The van der Waals surface area contributed by atoms with Crippen LogP contribution < -0.4 is 11.1 Å². The average Bonchev–Trinajstić information content (AvgIpc) is 3.09. The van der Waals surface area contributed by atoms with E-state index >= 15 is 0 Å². The second-order valence-electron chi connectivity index (χ2n) is 5.99. The van der Waals surface area contributed by atoms with E-state index in [1.54, 1.807) is 12.4 Å². The Morgan fingerprint density at radius 3 is 2.71 bits per heavy atom. The summed E-state index contributed by atoms with van der Waals surface area (Å²) >= 11 is 0. The number of hydrogen-bond donors (Lipinski definition) is 2. The molecule has 1 aliphatic heterocycles. The van der Waals surface area contributed by atoms with E-state index in [1.807, 2.05) is 30.0 Å². The lowest BCUT2D eigenvalue weighted by molar-refractivity contribution is 0.0793. The number of likely N-dealkylation sites (tertiary alicyclic amines) is 1. The van der Waals surface area contributed by atoms with Crippen LogP contribution in [0.5, 0.6) is 0 Å². The predicted molar refractivity (Wildman–Crippen MR) is 95.5 cm³/mol. The number of nitrogens with two attached hydrogens (primary N) is 1. The highest BCUT2D eigenvalue weighted by molar-refractivity contribution is 5.99. The third-order valence-corrected chi connectivity index (χ3v) is 3.98. The molecule has 1 amide bonds. The van der Waals surface area contributed by atoms with Crippen LogP contribution in [0.1, 0.15) is 30.1 Å². The summed E-state index contributed by atoms with van der Waals surface area (Å²) in [7, 11) is 0. The van der Waals surface area contributed by atoms with Crippen molar-refractivity contribution in [3.8, 4) is 11.1 Å². The highest BCUT2D eigenvalue weighted by Gasteiger charge is 2.22. The number of aromatic nitrogens is 2. The number of carbonyl (C=O) groups excluding carboxylic acids is 1. The van der Waals surface area contributed by atoms with Gasteiger partial charge in [-0.3, -0.25) is 4.79 Å². The van der Waals surface area contributed by atoms with Crippen molar-refractivity contribution in [2.75, 3.05) is 24.1 Å². The second kappa shape index (κ2) is 6.70. The Morgan fingerprint density at radius 1 is 1.25 bits per heavy atom. The third-order valence-electron chi connectivity index (χ3n) is 3.98. The average molecular weight is 323 g/mol. The molecule has 3 N–H and O–H groups in total. The van der Waals surface area contributed by atoms with Gasteiger partial charge in [-0.2, -0.15) is 0 Å². The first-order chi connectivity index (χ1) is 11.5. The molecule has 0 bridgehead atoms. The van der Waals surface area contributed by atoms with E-state index in [9.17, 15) is 4.79 Å². The summed E-state index contributed by atoms with van der Waals surface area (Å²) in [5.41, 5.74) is 8.95. The summed E-state index contributed by atoms with van der Waals surface area (Å²) in [5.74, 6) is 0.919. The SMILES string of the molecule is C=C(C)Nc1cc(-c2cnc(N)c(C(=O)N3CCCC3)c2)ccn1. The number of anilines is 2. The Bertz CT molecular complexity index is 781. The third kappa shape index (κ3) is 3.37. The molecule has 0 atom stereocenters. The molecule has 1 aliphatic rings. The number of hydrogen-bond acceptors (Lipinski definition) is 5. The Labute approximate surface area is 141 Å². The quantitative estimate of drug-likeness (QED) is 0.904. The van der Waals surface area contributed by atoms with Gasteiger partial charge in [-0.25, -0.2) is 9.97 Å². The minimum Gasteiger partial charge on any atom is -0.383 e. The van der Waals surface area contributed by atoms with Gasteiger partial charge in [0.25, 0.3) is 5.91 Å². The van der Waals surface area contributed by atoms with Crippen LogP contribution in [0.15, 0.2) is 42.9 Å². The van der Waals surface area contributed by atoms with Gasteiger partial charge in [-0.1, -0.05) is 6.58 Å². The Kier molecular flexibility index (Phi) is 4.46. The Balaban J connectivity index is 1.93. The van der Waals surface area contributed by atoms with Crippen LogP contribution in [0.3, 0.4) is 0 Å². The van der Waals surface area contributed by atoms with Crippen molar-refractivity contribution in [2.24, 2.45) is 0 Å². The maximum absolute atomic E-state index is 12.6. The van der Waals surface area contributed by atoms with Gasteiger partial charge in [0.15, 0.2) is 0 Å². The van der Waals surface area contributed by atoms with Crippen LogP contribution in [0.4, 0.5) is 11.6 Å². The first-order valence-electron chi connectivity index (χ1n) is 7.98. The minimum atomic E-state index is -0.0475. The highest BCUT2D eigenvalue weighted by atomic mass is 16.2. The van der Waals surface area contributed by atoms with E-state index in [0.29, 0.717) is 11.4 Å². The zero-order valence-electron chi connectivity index (χ0n) is 13.7. The van der Waals surface area contributed by atoms with Gasteiger partial charge >= 0.3 is 0 Å². The molecule has 0 unspecified atom stereocenters. The maximum atomic E-state index is 12.6. The van der Waals surface area contributed by atoms with E-state index in [0.717, 1.165) is 42.8 Å². The fourth-order valence-corrected chi connectivity index (χ4v) is 2.79. The molecule has 0 aliphatic carbocycles. The monoisotopic (exact) mass is 323 g/mol. The maximum Gasteiger partial charge on any atom is 0.257 e. The molecule has 0 saturated carbocycles. The molecule has 2 aromatic rings. The predicted octanol–water partition coefficient (Wildman–Crippen LogP) is 2.91. The molecule has 0 radical (unpaired) electrons. The Morgan fingerprint density at radius 2 is 2.00 bits per heavy atom. The highest BCUT2D eigenvalue weighted by Crippen LogP contribution is 2.25. The molecule has 3 rings (SSSR count). The zero-order chi connectivity index (χ0) is 17.1. The van der Waals surface area contributed by atoms with Crippen LogP contribution in [0.25, 0.3) is 11.1 Å². The smallest absolute Gasteiger partial charge is 0.257 e. The van der Waals surface area contributed by atoms with Gasteiger partial charge in [-0.15, -0.1) is 0 Å². The Hall–Kier alpha value is -2.89. The van der Waals surface area contributed by atoms with E-state index in [1.165, 1.54) is 0 Å². The molecule has 24 heavy (non-hydrogen) atoms. The molecular weight excluding hydrogens is 302 g/mol. The van der Waals surface area contributed by atoms with Crippen molar-refractivity contribution in [2.45, 2.75) is 19.8 Å². The van der Waals surface area contributed by atoms with Crippen molar-refractivity contribution in [3.05, 3.63) is 48.4 Å². The molecule has 1 saturated heterocycles. The topological polar surface area (TPSA) is 84.1 Å². The van der Waals surface area contributed by atoms with Crippen LogP contribution in [0.2, 0.25) is 0 Å². The van der Waals surface area contributed by atoms with Gasteiger partial charge in [0.2, 0.25) is 0 Å².